The van der Waals surface area contributed by atoms with E-state index >= 15 is 0 Å². The van der Waals surface area contributed by atoms with Crippen molar-refractivity contribution in [2.24, 2.45) is 0 Å². The Kier molecular flexibility index (Phi) is 4.51. The van der Waals surface area contributed by atoms with Crippen LogP contribution in [-0.2, 0) is 6.61 Å². The molecule has 4 heteroatoms. The van der Waals surface area contributed by atoms with Crippen molar-refractivity contribution >= 4 is 11.6 Å². The predicted molar refractivity (Wildman–Crippen MR) is 92.4 cm³/mol. The van der Waals surface area contributed by atoms with Crippen LogP contribution < -0.4 is 0 Å². The van der Waals surface area contributed by atoms with Crippen LogP contribution in [-0.4, -0.2) is 10.3 Å². The Morgan fingerprint density at radius 1 is 1.09 bits per heavy atom. The fraction of sp³-hybridized carbons (Fsp3) is 0.211. The van der Waals surface area contributed by atoms with E-state index in [1.165, 1.54) is 5.56 Å². The van der Waals surface area contributed by atoms with Crippen molar-refractivity contribution < 1.29 is 9.63 Å². The molecule has 0 aliphatic heterocycles. The summed E-state index contributed by atoms with van der Waals surface area (Å²) in [5, 5.41) is 14.6. The van der Waals surface area contributed by atoms with E-state index in [0.717, 1.165) is 11.1 Å². The number of benzene rings is 2. The fourth-order valence-electron chi connectivity index (χ4n) is 2.56. The predicted octanol–water partition coefficient (Wildman–Crippen LogP) is 5.28. The van der Waals surface area contributed by atoms with Crippen LogP contribution in [0.25, 0.3) is 22.6 Å². The van der Waals surface area contributed by atoms with Crippen molar-refractivity contribution in [1.29, 1.82) is 0 Å². The van der Waals surface area contributed by atoms with E-state index in [-0.39, 0.29) is 6.61 Å². The van der Waals surface area contributed by atoms with Gasteiger partial charge in [-0.25, -0.2) is 0 Å². The number of hydrogen-bond donors (Lipinski definition) is 1. The van der Waals surface area contributed by atoms with Gasteiger partial charge in [-0.3, -0.25) is 0 Å². The molecule has 0 bridgehead atoms. The van der Waals surface area contributed by atoms with Crippen LogP contribution in [0.2, 0.25) is 5.02 Å². The molecule has 0 amide bonds. The summed E-state index contributed by atoms with van der Waals surface area (Å²) in [6.07, 6.45) is 0. The lowest BCUT2D eigenvalue weighted by Gasteiger charge is -2.06. The van der Waals surface area contributed by atoms with Crippen LogP contribution in [0.3, 0.4) is 0 Å². The second-order valence-corrected chi connectivity index (χ2v) is 6.22. The molecule has 3 aromatic rings. The molecular formula is C19H18ClNO2. The molecule has 23 heavy (non-hydrogen) atoms. The van der Waals surface area contributed by atoms with Crippen LogP contribution in [0.4, 0.5) is 0 Å². The van der Waals surface area contributed by atoms with Gasteiger partial charge in [0, 0.05) is 16.1 Å². The standard InChI is InChI=1S/C19H18ClNO2/c1-12(2)13-6-8-14(9-7-13)19-17(11-22)18(21-23-19)15-4-3-5-16(20)10-15/h3-10,12,22H,11H2,1-2H3. The molecule has 0 aliphatic carbocycles. The van der Waals surface area contributed by atoms with E-state index in [1.807, 2.05) is 30.3 Å². The molecule has 0 unspecified atom stereocenters. The molecule has 0 atom stereocenters. The summed E-state index contributed by atoms with van der Waals surface area (Å²) in [5.41, 5.74) is 4.28. The first-order chi connectivity index (χ1) is 11.1. The highest BCUT2D eigenvalue weighted by Crippen LogP contribution is 2.33. The van der Waals surface area contributed by atoms with E-state index in [9.17, 15) is 5.11 Å². The molecule has 2 aromatic carbocycles. The monoisotopic (exact) mass is 327 g/mol. The van der Waals surface area contributed by atoms with E-state index in [1.54, 1.807) is 6.07 Å². The van der Waals surface area contributed by atoms with Crippen LogP contribution in [0.15, 0.2) is 53.1 Å². The highest BCUT2D eigenvalue weighted by atomic mass is 35.5. The summed E-state index contributed by atoms with van der Waals surface area (Å²) in [7, 11) is 0. The second kappa shape index (κ2) is 6.57. The van der Waals surface area contributed by atoms with Gasteiger partial charge in [0.15, 0.2) is 5.76 Å². The summed E-state index contributed by atoms with van der Waals surface area (Å²) < 4.78 is 5.51. The number of nitrogens with zero attached hydrogens (tertiary/aromatic N) is 1. The zero-order valence-electron chi connectivity index (χ0n) is 13.1. The topological polar surface area (TPSA) is 46.3 Å². The SMILES string of the molecule is CC(C)c1ccc(-c2onc(-c3cccc(Cl)c3)c2CO)cc1. The van der Waals surface area contributed by atoms with Gasteiger partial charge in [-0.2, -0.15) is 0 Å². The summed E-state index contributed by atoms with van der Waals surface area (Å²) >= 11 is 6.04. The van der Waals surface area contributed by atoms with Crippen molar-refractivity contribution in [2.75, 3.05) is 0 Å². The van der Waals surface area contributed by atoms with Crippen LogP contribution in [0, 0.1) is 0 Å². The third-order valence-electron chi connectivity index (χ3n) is 3.88. The summed E-state index contributed by atoms with van der Waals surface area (Å²) in [6.45, 7) is 4.16. The summed E-state index contributed by atoms with van der Waals surface area (Å²) in [6, 6.07) is 15.5. The third-order valence-corrected chi connectivity index (χ3v) is 4.12. The van der Waals surface area contributed by atoms with Crippen LogP contribution in [0.1, 0.15) is 30.9 Å². The van der Waals surface area contributed by atoms with Crippen molar-refractivity contribution in [2.45, 2.75) is 26.4 Å². The van der Waals surface area contributed by atoms with Gasteiger partial charge in [-0.1, -0.05) is 67.0 Å². The van der Waals surface area contributed by atoms with Crippen molar-refractivity contribution in [3.8, 4) is 22.6 Å². The molecule has 0 fully saturated rings. The average Bonchev–Trinajstić information content (AvgIpc) is 2.98. The van der Waals surface area contributed by atoms with Crippen molar-refractivity contribution in [1.82, 2.24) is 5.16 Å². The number of rotatable bonds is 4. The van der Waals surface area contributed by atoms with Crippen LogP contribution >= 0.6 is 11.6 Å². The molecule has 0 saturated carbocycles. The fourth-order valence-corrected chi connectivity index (χ4v) is 2.76. The minimum Gasteiger partial charge on any atom is -0.391 e. The lowest BCUT2D eigenvalue weighted by atomic mass is 9.99. The Bertz CT molecular complexity index is 806. The normalized spacial score (nSPS) is 11.2. The highest BCUT2D eigenvalue weighted by Gasteiger charge is 2.18. The maximum absolute atomic E-state index is 9.79. The minimum atomic E-state index is -0.146. The summed E-state index contributed by atoms with van der Waals surface area (Å²) in [4.78, 5) is 0. The van der Waals surface area contributed by atoms with Crippen molar-refractivity contribution in [3.05, 3.63) is 64.7 Å². The Balaban J connectivity index is 2.04. The number of aliphatic hydroxyl groups excluding tert-OH is 1. The third kappa shape index (κ3) is 3.16. The van der Waals surface area contributed by atoms with Gasteiger partial charge in [0.2, 0.25) is 0 Å². The Morgan fingerprint density at radius 2 is 1.83 bits per heavy atom. The van der Waals surface area contributed by atoms with Gasteiger partial charge in [0.1, 0.15) is 5.69 Å². The first-order valence-corrected chi connectivity index (χ1v) is 7.93. The molecule has 0 radical (unpaired) electrons. The Labute approximate surface area is 140 Å². The molecule has 1 aromatic heterocycles. The van der Waals surface area contributed by atoms with Gasteiger partial charge >= 0.3 is 0 Å². The van der Waals surface area contributed by atoms with Gasteiger partial charge in [-0.15, -0.1) is 0 Å². The maximum Gasteiger partial charge on any atom is 0.173 e. The van der Waals surface area contributed by atoms with E-state index in [2.05, 4.69) is 31.1 Å². The van der Waals surface area contributed by atoms with E-state index in [4.69, 9.17) is 16.1 Å². The molecule has 3 nitrogen and oxygen atoms in total. The quantitative estimate of drug-likeness (QED) is 0.709. The van der Waals surface area contributed by atoms with Gasteiger partial charge in [0.25, 0.3) is 0 Å². The van der Waals surface area contributed by atoms with E-state index < -0.39 is 0 Å². The molecule has 0 spiro atoms. The zero-order valence-corrected chi connectivity index (χ0v) is 13.8. The molecule has 1 N–H and O–H groups in total. The first kappa shape index (κ1) is 15.8. The number of hydrogen-bond acceptors (Lipinski definition) is 3. The highest BCUT2D eigenvalue weighted by molar-refractivity contribution is 6.30. The lowest BCUT2D eigenvalue weighted by molar-refractivity contribution is 0.281. The molecule has 1 heterocycles. The lowest BCUT2D eigenvalue weighted by Crippen LogP contribution is -1.90. The number of aliphatic hydroxyl groups is 1. The first-order valence-electron chi connectivity index (χ1n) is 7.56. The average molecular weight is 328 g/mol. The largest absolute Gasteiger partial charge is 0.391 e. The number of halogens is 1. The van der Waals surface area contributed by atoms with Gasteiger partial charge in [0.05, 0.1) is 12.2 Å². The van der Waals surface area contributed by atoms with Crippen molar-refractivity contribution in [3.63, 3.8) is 0 Å². The van der Waals surface area contributed by atoms with Gasteiger partial charge in [-0.05, 0) is 23.6 Å². The maximum atomic E-state index is 9.79. The zero-order chi connectivity index (χ0) is 16.4. The van der Waals surface area contributed by atoms with Crippen LogP contribution in [0.5, 0.6) is 0 Å². The Hall–Kier alpha value is -2.10. The van der Waals surface area contributed by atoms with E-state index in [0.29, 0.717) is 28.0 Å². The molecular weight excluding hydrogens is 310 g/mol. The van der Waals surface area contributed by atoms with Gasteiger partial charge < -0.3 is 9.63 Å². The summed E-state index contributed by atoms with van der Waals surface area (Å²) in [5.74, 6) is 1.07. The molecule has 118 valence electrons. The smallest absolute Gasteiger partial charge is 0.173 e. The molecule has 0 aliphatic rings. The Morgan fingerprint density at radius 3 is 2.43 bits per heavy atom. The number of aromatic nitrogens is 1. The molecule has 3 rings (SSSR count). The minimum absolute atomic E-state index is 0.146. The second-order valence-electron chi connectivity index (χ2n) is 5.78. The molecule has 0 saturated heterocycles.